The van der Waals surface area contributed by atoms with E-state index in [1.54, 1.807) is 43.0 Å². The third-order valence-electron chi connectivity index (χ3n) is 5.55. The van der Waals surface area contributed by atoms with Crippen LogP contribution in [0.2, 0.25) is 0 Å². The minimum atomic E-state index is -0.313. The van der Waals surface area contributed by atoms with Crippen LogP contribution in [0.4, 0.5) is 10.1 Å². The number of ether oxygens (including phenoxy) is 2. The lowest BCUT2D eigenvalue weighted by Crippen LogP contribution is -2.14. The maximum atomic E-state index is 13.6. The highest BCUT2D eigenvalue weighted by Crippen LogP contribution is 2.30. The van der Waals surface area contributed by atoms with Crippen molar-refractivity contribution in [2.75, 3.05) is 19.5 Å². The topological polar surface area (TPSA) is 77.8 Å². The SMILES string of the molecule is COc1ccc(NC(=O)CCc2c(C)nc3cc(-c4cccc(F)c4)nn3c2C)cc1OC. The highest BCUT2D eigenvalue weighted by Gasteiger charge is 2.15. The zero-order valence-electron chi connectivity index (χ0n) is 19.0. The molecule has 0 aliphatic carbocycles. The Labute approximate surface area is 191 Å². The Kier molecular flexibility index (Phi) is 6.26. The van der Waals surface area contributed by atoms with Crippen molar-refractivity contribution < 1.29 is 18.7 Å². The van der Waals surface area contributed by atoms with Crippen LogP contribution in [-0.2, 0) is 11.2 Å². The molecule has 0 aliphatic rings. The highest BCUT2D eigenvalue weighted by molar-refractivity contribution is 5.91. The molecule has 170 valence electrons. The number of hydrogen-bond acceptors (Lipinski definition) is 5. The summed E-state index contributed by atoms with van der Waals surface area (Å²) < 4.78 is 25.9. The number of aromatic nitrogens is 3. The first-order valence-corrected chi connectivity index (χ1v) is 10.5. The van der Waals surface area contributed by atoms with Crippen molar-refractivity contribution >= 4 is 17.2 Å². The quantitative estimate of drug-likeness (QED) is 0.442. The Morgan fingerprint density at radius 1 is 1.06 bits per heavy atom. The number of rotatable bonds is 7. The molecule has 0 radical (unpaired) electrons. The second-order valence-electron chi connectivity index (χ2n) is 7.69. The molecular formula is C25H25FN4O3. The van der Waals surface area contributed by atoms with Gasteiger partial charge in [-0.1, -0.05) is 12.1 Å². The highest BCUT2D eigenvalue weighted by atomic mass is 19.1. The first-order chi connectivity index (χ1) is 15.9. The van der Waals surface area contributed by atoms with Crippen molar-refractivity contribution in [1.29, 1.82) is 0 Å². The summed E-state index contributed by atoms with van der Waals surface area (Å²) in [6.07, 6.45) is 0.788. The van der Waals surface area contributed by atoms with E-state index in [0.717, 1.165) is 17.0 Å². The Hall–Kier alpha value is -3.94. The lowest BCUT2D eigenvalue weighted by molar-refractivity contribution is -0.116. The summed E-state index contributed by atoms with van der Waals surface area (Å²) in [5, 5.41) is 7.51. The lowest BCUT2D eigenvalue weighted by Gasteiger charge is -2.12. The van der Waals surface area contributed by atoms with E-state index < -0.39 is 0 Å². The molecule has 2 aromatic carbocycles. The molecule has 33 heavy (non-hydrogen) atoms. The fourth-order valence-corrected chi connectivity index (χ4v) is 3.85. The number of amides is 1. The van der Waals surface area contributed by atoms with Gasteiger partial charge >= 0.3 is 0 Å². The number of benzene rings is 2. The van der Waals surface area contributed by atoms with Crippen molar-refractivity contribution in [3.63, 3.8) is 0 Å². The number of aryl methyl sites for hydroxylation is 2. The van der Waals surface area contributed by atoms with E-state index in [-0.39, 0.29) is 18.1 Å². The smallest absolute Gasteiger partial charge is 0.224 e. The van der Waals surface area contributed by atoms with Gasteiger partial charge in [0, 0.05) is 41.2 Å². The number of carbonyl (C=O) groups excluding carboxylic acids is 1. The number of nitrogens with zero attached hydrogens (tertiary/aromatic N) is 3. The van der Waals surface area contributed by atoms with Crippen LogP contribution in [0.1, 0.15) is 23.4 Å². The van der Waals surface area contributed by atoms with Crippen molar-refractivity contribution in [2.24, 2.45) is 0 Å². The molecule has 0 saturated heterocycles. The van der Waals surface area contributed by atoms with Crippen LogP contribution < -0.4 is 14.8 Å². The summed E-state index contributed by atoms with van der Waals surface area (Å²) in [6, 6.07) is 13.4. The van der Waals surface area contributed by atoms with Crippen LogP contribution in [0.25, 0.3) is 16.9 Å². The number of carbonyl (C=O) groups is 1. The maximum Gasteiger partial charge on any atom is 0.224 e. The predicted molar refractivity (Wildman–Crippen MR) is 124 cm³/mol. The molecule has 4 rings (SSSR count). The molecule has 4 aromatic rings. The van der Waals surface area contributed by atoms with Crippen LogP contribution in [0.15, 0.2) is 48.5 Å². The number of methoxy groups -OCH3 is 2. The van der Waals surface area contributed by atoms with Gasteiger partial charge < -0.3 is 14.8 Å². The first-order valence-electron chi connectivity index (χ1n) is 10.5. The molecule has 0 unspecified atom stereocenters. The van der Waals surface area contributed by atoms with E-state index in [1.807, 2.05) is 26.0 Å². The summed E-state index contributed by atoms with van der Waals surface area (Å²) in [4.78, 5) is 17.2. The summed E-state index contributed by atoms with van der Waals surface area (Å²) in [6.45, 7) is 3.87. The number of nitrogens with one attached hydrogen (secondary N) is 1. The Morgan fingerprint density at radius 2 is 1.85 bits per heavy atom. The molecule has 0 bridgehead atoms. The van der Waals surface area contributed by atoms with E-state index in [0.29, 0.717) is 40.5 Å². The molecule has 2 heterocycles. The normalized spacial score (nSPS) is 10.9. The Balaban J connectivity index is 1.52. The van der Waals surface area contributed by atoms with Crippen LogP contribution >= 0.6 is 0 Å². The number of hydrogen-bond donors (Lipinski definition) is 1. The van der Waals surface area contributed by atoms with Crippen LogP contribution in [0.5, 0.6) is 11.5 Å². The lowest BCUT2D eigenvalue weighted by atomic mass is 10.1. The molecule has 8 heteroatoms. The van der Waals surface area contributed by atoms with Gasteiger partial charge in [0.1, 0.15) is 5.82 Å². The summed E-state index contributed by atoms with van der Waals surface area (Å²) >= 11 is 0. The van der Waals surface area contributed by atoms with Gasteiger partial charge in [-0.25, -0.2) is 13.9 Å². The first kappa shape index (κ1) is 22.3. The van der Waals surface area contributed by atoms with Gasteiger partial charge in [0.2, 0.25) is 5.91 Å². The zero-order valence-corrected chi connectivity index (χ0v) is 19.0. The van der Waals surface area contributed by atoms with Crippen molar-refractivity contribution in [1.82, 2.24) is 14.6 Å². The van der Waals surface area contributed by atoms with Crippen LogP contribution in [0, 0.1) is 19.7 Å². The minimum Gasteiger partial charge on any atom is -0.493 e. The van der Waals surface area contributed by atoms with Crippen molar-refractivity contribution in [3.05, 3.63) is 71.3 Å². The molecule has 1 N–H and O–H groups in total. The van der Waals surface area contributed by atoms with Gasteiger partial charge in [-0.3, -0.25) is 4.79 Å². The average molecular weight is 448 g/mol. The standard InChI is InChI=1S/C25H25FN4O3/c1-15-20(9-11-25(31)28-19-8-10-22(32-3)23(13-19)33-4)16(2)30-24(27-15)14-21(29-30)17-6-5-7-18(26)12-17/h5-8,10,12-14H,9,11H2,1-4H3,(H,28,31). The maximum absolute atomic E-state index is 13.6. The minimum absolute atomic E-state index is 0.123. The molecule has 0 atom stereocenters. The van der Waals surface area contributed by atoms with Gasteiger partial charge in [0.05, 0.1) is 19.9 Å². The largest absolute Gasteiger partial charge is 0.493 e. The molecule has 2 aromatic heterocycles. The van der Waals surface area contributed by atoms with Gasteiger partial charge in [-0.05, 0) is 50.1 Å². The Morgan fingerprint density at radius 3 is 2.58 bits per heavy atom. The number of halogens is 1. The van der Waals surface area contributed by atoms with E-state index in [2.05, 4.69) is 15.4 Å². The molecule has 0 aliphatic heterocycles. The van der Waals surface area contributed by atoms with Gasteiger partial charge in [0.25, 0.3) is 0 Å². The summed E-state index contributed by atoms with van der Waals surface area (Å²) in [5.41, 5.74) is 5.35. The second-order valence-corrected chi connectivity index (χ2v) is 7.69. The molecule has 0 fully saturated rings. The predicted octanol–water partition coefficient (Wildman–Crippen LogP) is 4.74. The molecular weight excluding hydrogens is 423 g/mol. The fourth-order valence-electron chi connectivity index (χ4n) is 3.85. The van der Waals surface area contributed by atoms with E-state index >= 15 is 0 Å². The average Bonchev–Trinajstić information content (AvgIpc) is 3.23. The number of anilines is 1. The van der Waals surface area contributed by atoms with Crippen molar-refractivity contribution in [2.45, 2.75) is 26.7 Å². The molecule has 0 spiro atoms. The monoisotopic (exact) mass is 448 g/mol. The molecule has 0 saturated carbocycles. The number of fused-ring (bicyclic) bond motifs is 1. The Bertz CT molecular complexity index is 1330. The summed E-state index contributed by atoms with van der Waals surface area (Å²) in [7, 11) is 3.11. The van der Waals surface area contributed by atoms with Crippen LogP contribution in [-0.4, -0.2) is 34.7 Å². The van der Waals surface area contributed by atoms with E-state index in [4.69, 9.17) is 9.47 Å². The van der Waals surface area contributed by atoms with E-state index in [9.17, 15) is 9.18 Å². The third kappa shape index (κ3) is 4.64. The zero-order chi connectivity index (χ0) is 23.5. The van der Waals surface area contributed by atoms with Gasteiger partial charge in [-0.15, -0.1) is 0 Å². The van der Waals surface area contributed by atoms with Gasteiger partial charge in [0.15, 0.2) is 17.1 Å². The van der Waals surface area contributed by atoms with Crippen molar-refractivity contribution in [3.8, 4) is 22.8 Å². The van der Waals surface area contributed by atoms with Gasteiger partial charge in [-0.2, -0.15) is 5.10 Å². The molecule has 1 amide bonds. The fraction of sp³-hybridized carbons (Fsp3) is 0.240. The third-order valence-corrected chi connectivity index (χ3v) is 5.55. The second kappa shape index (κ2) is 9.28. The van der Waals surface area contributed by atoms with Crippen LogP contribution in [0.3, 0.4) is 0 Å². The van der Waals surface area contributed by atoms with E-state index in [1.165, 1.54) is 12.1 Å². The summed E-state index contributed by atoms with van der Waals surface area (Å²) in [5.74, 6) is 0.705. The molecule has 7 nitrogen and oxygen atoms in total.